The number of halogens is 6. The minimum absolute atomic E-state index is 0.115. The van der Waals surface area contributed by atoms with E-state index < -0.39 is 37.7 Å². The number of carbonyl (C=O) groups excluding carboxylic acids is 2. The van der Waals surface area contributed by atoms with Gasteiger partial charge in [-0.05, 0) is 18.6 Å². The molecule has 4 atom stereocenters. The minimum atomic E-state index is -1.94. The summed E-state index contributed by atoms with van der Waals surface area (Å²) < 4.78 is 3.75. The van der Waals surface area contributed by atoms with Gasteiger partial charge in [0, 0.05) is 0 Å². The van der Waals surface area contributed by atoms with Crippen molar-refractivity contribution in [3.63, 3.8) is 0 Å². The van der Waals surface area contributed by atoms with Crippen LogP contribution in [0.4, 0.5) is 5.69 Å². The van der Waals surface area contributed by atoms with E-state index in [1.54, 1.807) is 24.3 Å². The number of nitrogens with zero attached hydrogens (tertiary/aromatic N) is 1. The van der Waals surface area contributed by atoms with Gasteiger partial charge >= 0.3 is 0 Å². The molecule has 1 saturated carbocycles. The number of para-hydroxylation sites is 2. The average molecular weight is 504 g/mol. The van der Waals surface area contributed by atoms with Crippen molar-refractivity contribution in [3.05, 3.63) is 34.3 Å². The van der Waals surface area contributed by atoms with Crippen LogP contribution in [0.5, 0.6) is 5.75 Å². The second-order valence-corrected chi connectivity index (χ2v) is 10.2. The number of alkyl halides is 4. The van der Waals surface area contributed by atoms with Crippen LogP contribution in [0.2, 0.25) is 0 Å². The minimum Gasteiger partial charge on any atom is -0.491 e. The Morgan fingerprint density at radius 2 is 1.46 bits per heavy atom. The molecular weight excluding hydrogens is 491 g/mol. The van der Waals surface area contributed by atoms with Gasteiger partial charge in [-0.15, -0.1) is 23.2 Å². The van der Waals surface area contributed by atoms with Crippen molar-refractivity contribution >= 4 is 87.1 Å². The Balaban J connectivity index is 1.85. The SMILES string of the molecule is CCCOc1ccccc1N1C(=O)C2C(C1=O)C1(Cl)C(Cl)=C(Cl)C2(Cl)C1(Cl)Cl. The fraction of sp³-hybridized carbons (Fsp3) is 0.444. The molecule has 10 heteroatoms. The number of amides is 2. The molecule has 4 nitrogen and oxygen atoms in total. The maximum Gasteiger partial charge on any atom is 0.240 e. The lowest BCUT2D eigenvalue weighted by Gasteiger charge is -2.34. The summed E-state index contributed by atoms with van der Waals surface area (Å²) >= 11 is 39.0. The van der Waals surface area contributed by atoms with Gasteiger partial charge in [0.25, 0.3) is 0 Å². The summed E-state index contributed by atoms with van der Waals surface area (Å²) in [6.07, 6.45) is 0.757. The summed E-state index contributed by atoms with van der Waals surface area (Å²) in [5.74, 6) is -3.15. The number of anilines is 1. The predicted molar refractivity (Wildman–Crippen MR) is 112 cm³/mol. The first-order valence-corrected chi connectivity index (χ1v) is 10.7. The van der Waals surface area contributed by atoms with E-state index in [9.17, 15) is 9.59 Å². The fourth-order valence-corrected chi connectivity index (χ4v) is 7.14. The number of fused-ring (bicyclic) bond motifs is 5. The number of rotatable bonds is 4. The molecule has 1 heterocycles. The molecule has 0 spiro atoms. The highest BCUT2D eigenvalue weighted by Gasteiger charge is 2.87. The van der Waals surface area contributed by atoms with Crippen molar-refractivity contribution in [1.29, 1.82) is 0 Å². The molecule has 1 aromatic rings. The number of ether oxygens (including phenoxy) is 1. The maximum absolute atomic E-state index is 13.4. The van der Waals surface area contributed by atoms with Gasteiger partial charge in [0.1, 0.15) is 15.5 Å². The Morgan fingerprint density at radius 3 is 1.96 bits per heavy atom. The van der Waals surface area contributed by atoms with Crippen LogP contribution in [0.1, 0.15) is 13.3 Å². The molecule has 1 aliphatic heterocycles. The summed E-state index contributed by atoms with van der Waals surface area (Å²) in [7, 11) is 0. The molecule has 2 fully saturated rings. The fourth-order valence-electron chi connectivity index (χ4n) is 4.21. The highest BCUT2D eigenvalue weighted by molar-refractivity contribution is 6.67. The average Bonchev–Trinajstić information content (AvgIpc) is 3.04. The molecule has 4 rings (SSSR count). The van der Waals surface area contributed by atoms with E-state index in [4.69, 9.17) is 74.3 Å². The zero-order valence-electron chi connectivity index (χ0n) is 14.3. The predicted octanol–water partition coefficient (Wildman–Crippen LogP) is 5.43. The smallest absolute Gasteiger partial charge is 0.240 e. The van der Waals surface area contributed by atoms with Gasteiger partial charge in [0.05, 0.1) is 34.2 Å². The van der Waals surface area contributed by atoms with Crippen LogP contribution >= 0.6 is 69.6 Å². The maximum atomic E-state index is 13.4. The summed E-state index contributed by atoms with van der Waals surface area (Å²) in [6, 6.07) is 6.72. The van der Waals surface area contributed by atoms with Crippen molar-refractivity contribution in [2.45, 2.75) is 27.4 Å². The first-order valence-electron chi connectivity index (χ1n) is 8.48. The van der Waals surface area contributed by atoms with Crippen LogP contribution in [-0.4, -0.2) is 32.5 Å². The molecule has 1 saturated heterocycles. The molecule has 150 valence electrons. The topological polar surface area (TPSA) is 46.6 Å². The van der Waals surface area contributed by atoms with E-state index in [2.05, 4.69) is 0 Å². The summed E-state index contributed by atoms with van der Waals surface area (Å²) in [5, 5.41) is -0.230. The lowest BCUT2D eigenvalue weighted by molar-refractivity contribution is -0.123. The van der Waals surface area contributed by atoms with Crippen molar-refractivity contribution in [3.8, 4) is 5.75 Å². The lowest BCUT2D eigenvalue weighted by atomic mass is 9.84. The Bertz CT molecular complexity index is 888. The molecule has 2 aliphatic carbocycles. The highest BCUT2D eigenvalue weighted by atomic mass is 35.5. The van der Waals surface area contributed by atoms with Crippen molar-refractivity contribution in [2.24, 2.45) is 11.8 Å². The van der Waals surface area contributed by atoms with E-state index >= 15 is 0 Å². The third-order valence-electron chi connectivity index (χ3n) is 5.48. The number of hydrogen-bond donors (Lipinski definition) is 0. The largest absolute Gasteiger partial charge is 0.491 e. The molecule has 0 aromatic heterocycles. The monoisotopic (exact) mass is 501 g/mol. The standard InChI is InChI=1S/C18H13Cl6NO3/c1-2-7-28-9-6-4-3-5-8(9)25-14(26)10-11(15(25)27)17(22)13(20)12(19)16(10,21)18(17,23)24/h3-6,10-11H,2,7H2,1H3. The van der Waals surface area contributed by atoms with E-state index in [1.807, 2.05) is 6.92 Å². The molecule has 1 aromatic carbocycles. The molecular formula is C18H13Cl6NO3. The second kappa shape index (κ2) is 6.57. The Morgan fingerprint density at radius 1 is 0.964 bits per heavy atom. The lowest BCUT2D eigenvalue weighted by Crippen LogP contribution is -2.50. The third kappa shape index (κ3) is 2.17. The zero-order valence-corrected chi connectivity index (χ0v) is 18.9. The molecule has 28 heavy (non-hydrogen) atoms. The first kappa shape index (κ1) is 20.9. The van der Waals surface area contributed by atoms with Crippen LogP contribution in [-0.2, 0) is 9.59 Å². The number of benzene rings is 1. The van der Waals surface area contributed by atoms with Crippen LogP contribution in [0.25, 0.3) is 0 Å². The van der Waals surface area contributed by atoms with Gasteiger partial charge in [-0.25, -0.2) is 4.90 Å². The van der Waals surface area contributed by atoms with Crippen LogP contribution in [0.3, 0.4) is 0 Å². The van der Waals surface area contributed by atoms with Gasteiger partial charge in [-0.1, -0.05) is 65.5 Å². The van der Waals surface area contributed by atoms with Crippen molar-refractivity contribution < 1.29 is 14.3 Å². The summed E-state index contributed by atoms with van der Waals surface area (Å²) in [5.41, 5.74) is 0.294. The van der Waals surface area contributed by atoms with E-state index in [-0.39, 0.29) is 10.1 Å². The number of allylic oxidation sites excluding steroid dienone is 2. The normalized spacial score (nSPS) is 35.8. The Labute approximate surface area is 191 Å². The second-order valence-electron chi connectivity index (χ2n) is 6.91. The molecule has 2 amide bonds. The van der Waals surface area contributed by atoms with Crippen LogP contribution in [0.15, 0.2) is 34.3 Å². The number of imide groups is 1. The number of hydrogen-bond acceptors (Lipinski definition) is 3. The van der Waals surface area contributed by atoms with Crippen LogP contribution < -0.4 is 9.64 Å². The molecule has 0 radical (unpaired) electrons. The molecule has 2 bridgehead atoms. The van der Waals surface area contributed by atoms with Crippen molar-refractivity contribution in [1.82, 2.24) is 0 Å². The van der Waals surface area contributed by atoms with E-state index in [0.717, 1.165) is 11.3 Å². The summed E-state index contributed by atoms with van der Waals surface area (Å²) in [6.45, 7) is 2.37. The Hall–Kier alpha value is -0.360. The first-order chi connectivity index (χ1) is 13.1. The number of carbonyl (C=O) groups is 2. The Kier molecular flexibility index (Phi) is 4.90. The quantitative estimate of drug-likeness (QED) is 0.407. The molecule has 3 aliphatic rings. The van der Waals surface area contributed by atoms with Gasteiger partial charge in [0.2, 0.25) is 11.8 Å². The van der Waals surface area contributed by atoms with Gasteiger partial charge in [0.15, 0.2) is 4.33 Å². The molecule has 4 unspecified atom stereocenters. The summed E-state index contributed by atoms with van der Waals surface area (Å²) in [4.78, 5) is 24.1. The molecule has 0 N–H and O–H groups in total. The van der Waals surface area contributed by atoms with Crippen molar-refractivity contribution in [2.75, 3.05) is 11.5 Å². The van der Waals surface area contributed by atoms with E-state index in [0.29, 0.717) is 18.0 Å². The van der Waals surface area contributed by atoms with Gasteiger partial charge in [-0.2, -0.15) is 0 Å². The van der Waals surface area contributed by atoms with Gasteiger partial charge < -0.3 is 4.74 Å². The highest BCUT2D eigenvalue weighted by Crippen LogP contribution is 2.77. The third-order valence-corrected chi connectivity index (χ3v) is 9.74. The van der Waals surface area contributed by atoms with E-state index in [1.165, 1.54) is 0 Å². The van der Waals surface area contributed by atoms with Gasteiger partial charge in [-0.3, -0.25) is 9.59 Å². The van der Waals surface area contributed by atoms with Crippen LogP contribution in [0, 0.1) is 11.8 Å². The zero-order chi connectivity index (χ0) is 20.6.